The van der Waals surface area contributed by atoms with Crippen molar-refractivity contribution in [2.24, 2.45) is 0 Å². The van der Waals surface area contributed by atoms with Crippen molar-refractivity contribution in [3.63, 3.8) is 0 Å². The van der Waals surface area contributed by atoms with Crippen molar-refractivity contribution >= 4 is 16.7 Å². The number of aliphatic hydroxyl groups is 1. The summed E-state index contributed by atoms with van der Waals surface area (Å²) in [4.78, 5) is 23.9. The fraction of sp³-hybridized carbons (Fsp3) is 0.172. The van der Waals surface area contributed by atoms with E-state index in [1.54, 1.807) is 19.4 Å². The summed E-state index contributed by atoms with van der Waals surface area (Å²) in [6.45, 7) is 1.92. The Morgan fingerprint density at radius 1 is 1.06 bits per heavy atom. The second-order valence-corrected chi connectivity index (χ2v) is 8.78. The fourth-order valence-corrected chi connectivity index (χ4v) is 4.56. The van der Waals surface area contributed by atoms with Gasteiger partial charge >= 0.3 is 0 Å². The SMILES string of the molecule is COc1ccccc1-c1cc(C)c2nc(-c3c(NC(CO)Cc4ccccc4)cc[nH]c3=O)[nH]c2c1. The van der Waals surface area contributed by atoms with Crippen LogP contribution in [0.4, 0.5) is 5.69 Å². The predicted octanol–water partition coefficient (Wildman–Crippen LogP) is 4.92. The zero-order valence-electron chi connectivity index (χ0n) is 20.2. The molecule has 0 saturated carbocycles. The average molecular weight is 481 g/mol. The van der Waals surface area contributed by atoms with Crippen molar-refractivity contribution in [1.29, 1.82) is 0 Å². The molecule has 5 aromatic rings. The third-order valence-electron chi connectivity index (χ3n) is 6.30. The number of hydrogen-bond donors (Lipinski definition) is 4. The van der Waals surface area contributed by atoms with Crippen LogP contribution < -0.4 is 15.6 Å². The van der Waals surface area contributed by atoms with E-state index < -0.39 is 0 Å². The van der Waals surface area contributed by atoms with E-state index in [2.05, 4.69) is 21.4 Å². The third kappa shape index (κ3) is 4.61. The molecule has 7 nitrogen and oxygen atoms in total. The molecule has 2 heterocycles. The van der Waals surface area contributed by atoms with Gasteiger partial charge in [-0.3, -0.25) is 4.79 Å². The van der Waals surface area contributed by atoms with Crippen LogP contribution in [0.2, 0.25) is 0 Å². The Morgan fingerprint density at radius 3 is 2.61 bits per heavy atom. The molecule has 3 aromatic carbocycles. The maximum atomic E-state index is 13.0. The lowest BCUT2D eigenvalue weighted by Gasteiger charge is -2.19. The summed E-state index contributed by atoms with van der Waals surface area (Å²) in [7, 11) is 1.66. The average Bonchev–Trinajstić information content (AvgIpc) is 3.33. The monoisotopic (exact) mass is 480 g/mol. The van der Waals surface area contributed by atoms with Gasteiger partial charge in [0.2, 0.25) is 0 Å². The van der Waals surface area contributed by atoms with E-state index in [9.17, 15) is 9.90 Å². The highest BCUT2D eigenvalue weighted by Crippen LogP contribution is 2.34. The molecule has 2 aromatic heterocycles. The molecule has 1 atom stereocenters. The van der Waals surface area contributed by atoms with Gasteiger partial charge < -0.3 is 25.1 Å². The van der Waals surface area contributed by atoms with Crippen LogP contribution in [0, 0.1) is 6.92 Å². The number of aromatic amines is 2. The number of para-hydroxylation sites is 1. The molecule has 0 aliphatic carbocycles. The topological polar surface area (TPSA) is 103 Å². The smallest absolute Gasteiger partial charge is 0.261 e. The highest BCUT2D eigenvalue weighted by molar-refractivity contribution is 5.89. The number of nitrogens with one attached hydrogen (secondary N) is 3. The molecule has 0 saturated heterocycles. The summed E-state index contributed by atoms with van der Waals surface area (Å²) in [6.07, 6.45) is 2.21. The Balaban J connectivity index is 1.54. The first-order valence-corrected chi connectivity index (χ1v) is 11.8. The Labute approximate surface area is 208 Å². The minimum absolute atomic E-state index is 0.0807. The lowest BCUT2D eigenvalue weighted by Crippen LogP contribution is -2.28. The molecule has 0 radical (unpaired) electrons. The second-order valence-electron chi connectivity index (χ2n) is 8.78. The van der Waals surface area contributed by atoms with Crippen molar-refractivity contribution < 1.29 is 9.84 Å². The molecule has 4 N–H and O–H groups in total. The molecule has 182 valence electrons. The van der Waals surface area contributed by atoms with Gasteiger partial charge in [0.25, 0.3) is 5.56 Å². The molecular weight excluding hydrogens is 452 g/mol. The van der Waals surface area contributed by atoms with E-state index >= 15 is 0 Å². The highest BCUT2D eigenvalue weighted by atomic mass is 16.5. The Hall–Kier alpha value is -4.36. The van der Waals surface area contributed by atoms with Gasteiger partial charge in [-0.1, -0.05) is 48.5 Å². The lowest BCUT2D eigenvalue weighted by atomic mass is 10.0. The summed E-state index contributed by atoms with van der Waals surface area (Å²) < 4.78 is 5.55. The minimum Gasteiger partial charge on any atom is -0.496 e. The van der Waals surface area contributed by atoms with Gasteiger partial charge in [0, 0.05) is 11.8 Å². The van der Waals surface area contributed by atoms with Crippen LogP contribution in [0.15, 0.2) is 83.8 Å². The van der Waals surface area contributed by atoms with Gasteiger partial charge in [-0.25, -0.2) is 4.98 Å². The molecule has 1 unspecified atom stereocenters. The Kier molecular flexibility index (Phi) is 6.56. The quantitative estimate of drug-likeness (QED) is 0.253. The van der Waals surface area contributed by atoms with Gasteiger partial charge in [0.15, 0.2) is 0 Å². The van der Waals surface area contributed by atoms with Crippen molar-refractivity contribution in [3.8, 4) is 28.3 Å². The van der Waals surface area contributed by atoms with Crippen LogP contribution in [-0.2, 0) is 6.42 Å². The summed E-state index contributed by atoms with van der Waals surface area (Å²) in [6, 6.07) is 23.4. The Bertz CT molecular complexity index is 1560. The number of pyridine rings is 1. The van der Waals surface area contributed by atoms with Crippen LogP contribution in [0.3, 0.4) is 0 Å². The number of methoxy groups -OCH3 is 1. The van der Waals surface area contributed by atoms with E-state index in [4.69, 9.17) is 9.72 Å². The number of fused-ring (bicyclic) bond motifs is 1. The molecule has 0 fully saturated rings. The maximum absolute atomic E-state index is 13.0. The number of aromatic nitrogens is 3. The van der Waals surface area contributed by atoms with Gasteiger partial charge in [-0.2, -0.15) is 0 Å². The van der Waals surface area contributed by atoms with Gasteiger partial charge in [0.1, 0.15) is 17.1 Å². The zero-order valence-corrected chi connectivity index (χ0v) is 20.2. The van der Waals surface area contributed by atoms with Crippen molar-refractivity contribution in [3.05, 3.63) is 100 Å². The van der Waals surface area contributed by atoms with Gasteiger partial charge in [-0.15, -0.1) is 0 Å². The largest absolute Gasteiger partial charge is 0.496 e. The summed E-state index contributed by atoms with van der Waals surface area (Å²) >= 11 is 0. The minimum atomic E-state index is -0.267. The summed E-state index contributed by atoms with van der Waals surface area (Å²) in [5, 5.41) is 13.4. The van der Waals surface area contributed by atoms with Crippen molar-refractivity contribution in [2.45, 2.75) is 19.4 Å². The van der Waals surface area contributed by atoms with E-state index in [0.29, 0.717) is 23.5 Å². The van der Waals surface area contributed by atoms with Crippen LogP contribution in [0.1, 0.15) is 11.1 Å². The van der Waals surface area contributed by atoms with Crippen molar-refractivity contribution in [1.82, 2.24) is 15.0 Å². The first-order chi connectivity index (χ1) is 17.6. The number of benzene rings is 3. The van der Waals surface area contributed by atoms with Crippen LogP contribution in [-0.4, -0.2) is 39.8 Å². The van der Waals surface area contributed by atoms with Gasteiger partial charge in [0.05, 0.1) is 36.5 Å². The number of anilines is 1. The second kappa shape index (κ2) is 10.1. The number of aliphatic hydroxyl groups excluding tert-OH is 1. The highest BCUT2D eigenvalue weighted by Gasteiger charge is 2.19. The summed E-state index contributed by atoms with van der Waals surface area (Å²) in [5.41, 5.74) is 6.41. The molecule has 7 heteroatoms. The number of ether oxygens (including phenoxy) is 1. The number of hydrogen-bond acceptors (Lipinski definition) is 5. The summed E-state index contributed by atoms with van der Waals surface area (Å²) in [5.74, 6) is 1.25. The number of nitrogens with zero attached hydrogens (tertiary/aromatic N) is 1. The number of imidazole rings is 1. The van der Waals surface area contributed by atoms with E-state index in [0.717, 1.165) is 39.0 Å². The van der Waals surface area contributed by atoms with Crippen LogP contribution in [0.25, 0.3) is 33.5 Å². The van der Waals surface area contributed by atoms with Crippen LogP contribution >= 0.6 is 0 Å². The van der Waals surface area contributed by atoms with E-state index in [-0.39, 0.29) is 18.2 Å². The number of H-pyrrole nitrogens is 2. The van der Waals surface area contributed by atoms with E-state index in [1.807, 2.05) is 67.6 Å². The third-order valence-corrected chi connectivity index (χ3v) is 6.30. The lowest BCUT2D eigenvalue weighted by molar-refractivity contribution is 0.274. The molecule has 36 heavy (non-hydrogen) atoms. The maximum Gasteiger partial charge on any atom is 0.261 e. The Morgan fingerprint density at radius 2 is 1.83 bits per heavy atom. The number of aryl methyl sites for hydroxylation is 1. The van der Waals surface area contributed by atoms with Crippen molar-refractivity contribution in [2.75, 3.05) is 19.0 Å². The fourth-order valence-electron chi connectivity index (χ4n) is 4.56. The van der Waals surface area contributed by atoms with Crippen LogP contribution in [0.5, 0.6) is 5.75 Å². The molecule has 0 bridgehead atoms. The van der Waals surface area contributed by atoms with Gasteiger partial charge in [-0.05, 0) is 54.3 Å². The molecule has 0 amide bonds. The molecule has 0 spiro atoms. The number of rotatable bonds is 8. The predicted molar refractivity (Wildman–Crippen MR) is 144 cm³/mol. The van der Waals surface area contributed by atoms with E-state index in [1.165, 1.54) is 0 Å². The zero-order chi connectivity index (χ0) is 25.1. The normalized spacial score (nSPS) is 12.0. The molecular formula is C29H28N4O3. The first-order valence-electron chi connectivity index (χ1n) is 11.8. The molecule has 0 aliphatic rings. The molecule has 5 rings (SSSR count). The first kappa shape index (κ1) is 23.4. The molecule has 0 aliphatic heterocycles. The standard InChI is InChI=1S/C29H28N4O3/c1-18-14-20(22-10-6-7-11-25(22)36-2)16-24-27(18)33-28(32-24)26-23(12-13-30-29(26)35)31-21(17-34)15-19-8-4-3-5-9-19/h3-14,16,21,34H,15,17H2,1-2H3,(H,32,33)(H2,30,31,35).